The number of anilines is 1. The van der Waals surface area contributed by atoms with Crippen LogP contribution in [0.2, 0.25) is 0 Å². The van der Waals surface area contributed by atoms with Gasteiger partial charge >= 0.3 is 0 Å². The molecule has 0 bridgehead atoms. The molecule has 3 aromatic carbocycles. The molecule has 2 heterocycles. The van der Waals surface area contributed by atoms with Crippen LogP contribution in [0.25, 0.3) is 10.9 Å². The van der Waals surface area contributed by atoms with Crippen molar-refractivity contribution in [3.05, 3.63) is 126 Å². The largest absolute Gasteiger partial charge is 0.505 e. The van der Waals surface area contributed by atoms with Gasteiger partial charge < -0.3 is 15.2 Å². The number of phenols is 1. The van der Waals surface area contributed by atoms with E-state index < -0.39 is 6.04 Å². The molecule has 5 aromatic rings. The lowest BCUT2D eigenvalue weighted by molar-refractivity contribution is 0.302. The molecule has 33 heavy (non-hydrogen) atoms. The SMILES string of the molecule is Oc1c(C(Nc2ccccn2)c2ccccc2OCc2ccccc2)ccc2cccnc12. The lowest BCUT2D eigenvalue weighted by atomic mass is 9.95. The van der Waals surface area contributed by atoms with E-state index in [4.69, 9.17) is 4.74 Å². The van der Waals surface area contributed by atoms with Gasteiger partial charge in [0.05, 0.1) is 6.04 Å². The maximum atomic E-state index is 11.2. The van der Waals surface area contributed by atoms with Crippen LogP contribution in [0.3, 0.4) is 0 Å². The number of aromatic hydroxyl groups is 1. The molecule has 5 nitrogen and oxygen atoms in total. The Morgan fingerprint density at radius 2 is 1.52 bits per heavy atom. The number of fused-ring (bicyclic) bond motifs is 1. The fraction of sp³-hybridized carbons (Fsp3) is 0.0714. The smallest absolute Gasteiger partial charge is 0.147 e. The molecule has 1 atom stereocenters. The van der Waals surface area contributed by atoms with Crippen LogP contribution in [0.15, 0.2) is 109 Å². The second-order valence-corrected chi connectivity index (χ2v) is 7.68. The second-order valence-electron chi connectivity index (χ2n) is 7.68. The third-order valence-electron chi connectivity index (χ3n) is 5.51. The minimum atomic E-state index is -0.404. The van der Waals surface area contributed by atoms with E-state index in [0.717, 1.165) is 22.3 Å². The number of para-hydroxylation sites is 1. The third-order valence-corrected chi connectivity index (χ3v) is 5.51. The summed E-state index contributed by atoms with van der Waals surface area (Å²) >= 11 is 0. The van der Waals surface area contributed by atoms with Crippen LogP contribution in [0.4, 0.5) is 5.82 Å². The Morgan fingerprint density at radius 1 is 0.727 bits per heavy atom. The van der Waals surface area contributed by atoms with Crippen LogP contribution in [0, 0.1) is 0 Å². The van der Waals surface area contributed by atoms with Crippen LogP contribution in [-0.4, -0.2) is 15.1 Å². The van der Waals surface area contributed by atoms with Gasteiger partial charge in [0.2, 0.25) is 0 Å². The Kier molecular flexibility index (Phi) is 5.85. The van der Waals surface area contributed by atoms with Crippen molar-refractivity contribution in [2.45, 2.75) is 12.6 Å². The summed E-state index contributed by atoms with van der Waals surface area (Å²) in [6.07, 6.45) is 3.42. The molecular formula is C28H23N3O2. The van der Waals surface area contributed by atoms with Gasteiger partial charge in [-0.15, -0.1) is 0 Å². The molecule has 0 amide bonds. The van der Waals surface area contributed by atoms with Crippen molar-refractivity contribution in [3.8, 4) is 11.5 Å². The van der Waals surface area contributed by atoms with Crippen molar-refractivity contribution in [2.75, 3.05) is 5.32 Å². The van der Waals surface area contributed by atoms with Gasteiger partial charge in [0, 0.05) is 28.9 Å². The number of nitrogens with one attached hydrogen (secondary N) is 1. The number of ether oxygens (including phenoxy) is 1. The zero-order chi connectivity index (χ0) is 22.5. The van der Waals surface area contributed by atoms with Crippen LogP contribution >= 0.6 is 0 Å². The van der Waals surface area contributed by atoms with Gasteiger partial charge in [-0.25, -0.2) is 4.98 Å². The normalized spacial score (nSPS) is 11.8. The van der Waals surface area contributed by atoms with Crippen LogP contribution in [0.1, 0.15) is 22.7 Å². The molecule has 5 heteroatoms. The fourth-order valence-corrected chi connectivity index (χ4v) is 3.88. The number of pyridine rings is 2. The van der Waals surface area contributed by atoms with E-state index in [1.165, 1.54) is 0 Å². The first kappa shape index (κ1) is 20.5. The van der Waals surface area contributed by atoms with Gasteiger partial charge in [0.15, 0.2) is 0 Å². The van der Waals surface area contributed by atoms with Crippen molar-refractivity contribution in [1.82, 2.24) is 9.97 Å². The topological polar surface area (TPSA) is 67.3 Å². The number of rotatable bonds is 7. The monoisotopic (exact) mass is 433 g/mol. The van der Waals surface area contributed by atoms with E-state index in [9.17, 15) is 5.11 Å². The minimum absolute atomic E-state index is 0.138. The standard InChI is InChI=1S/C28H23N3O2/c32-28-23(16-15-21-11-8-18-30-26(21)28)27(31-25-14-6-7-17-29-25)22-12-4-5-13-24(22)33-19-20-9-2-1-3-10-20/h1-18,27,32H,19H2,(H,29,31). The van der Waals surface area contributed by atoms with Crippen LogP contribution < -0.4 is 10.1 Å². The number of nitrogens with zero attached hydrogens (tertiary/aromatic N) is 2. The van der Waals surface area contributed by atoms with Crippen LogP contribution in [0.5, 0.6) is 11.5 Å². The highest BCUT2D eigenvalue weighted by atomic mass is 16.5. The summed E-state index contributed by atoms with van der Waals surface area (Å²) in [5, 5.41) is 15.5. The number of phenolic OH excluding ortho intramolecular Hbond substituents is 1. The summed E-state index contributed by atoms with van der Waals surface area (Å²) in [6.45, 7) is 0.444. The van der Waals surface area contributed by atoms with E-state index in [1.54, 1.807) is 12.4 Å². The third kappa shape index (κ3) is 4.48. The number of benzene rings is 3. The average Bonchev–Trinajstić information content (AvgIpc) is 2.88. The molecule has 0 radical (unpaired) electrons. The van der Waals surface area contributed by atoms with Crippen molar-refractivity contribution in [2.24, 2.45) is 0 Å². The number of hydrogen-bond donors (Lipinski definition) is 2. The zero-order valence-electron chi connectivity index (χ0n) is 17.9. The predicted molar refractivity (Wildman–Crippen MR) is 130 cm³/mol. The quantitative estimate of drug-likeness (QED) is 0.324. The maximum absolute atomic E-state index is 11.2. The zero-order valence-corrected chi connectivity index (χ0v) is 17.9. The number of hydrogen-bond acceptors (Lipinski definition) is 5. The van der Waals surface area contributed by atoms with Gasteiger partial charge in [0.1, 0.15) is 29.4 Å². The Balaban J connectivity index is 1.58. The summed E-state index contributed by atoms with van der Waals surface area (Å²) < 4.78 is 6.23. The van der Waals surface area contributed by atoms with Crippen molar-refractivity contribution in [3.63, 3.8) is 0 Å². The first-order valence-electron chi connectivity index (χ1n) is 10.8. The van der Waals surface area contributed by atoms with E-state index in [2.05, 4.69) is 15.3 Å². The molecular weight excluding hydrogens is 410 g/mol. The molecule has 0 saturated heterocycles. The molecule has 162 valence electrons. The molecule has 0 aliphatic heterocycles. The first-order chi connectivity index (χ1) is 16.3. The van der Waals surface area contributed by atoms with Gasteiger partial charge in [-0.3, -0.25) is 4.98 Å². The van der Waals surface area contributed by atoms with E-state index in [1.807, 2.05) is 97.1 Å². The van der Waals surface area contributed by atoms with Gasteiger partial charge in [0.25, 0.3) is 0 Å². The Labute approximate surface area is 192 Å². The summed E-state index contributed by atoms with van der Waals surface area (Å²) in [6, 6.07) is 30.9. The highest BCUT2D eigenvalue weighted by Gasteiger charge is 2.23. The lowest BCUT2D eigenvalue weighted by Crippen LogP contribution is -2.15. The fourth-order valence-electron chi connectivity index (χ4n) is 3.88. The summed E-state index contributed by atoms with van der Waals surface area (Å²) in [7, 11) is 0. The molecule has 0 saturated carbocycles. The average molecular weight is 434 g/mol. The molecule has 0 fully saturated rings. The van der Waals surface area contributed by atoms with Crippen molar-refractivity contribution >= 4 is 16.7 Å². The first-order valence-corrected chi connectivity index (χ1v) is 10.8. The summed E-state index contributed by atoms with van der Waals surface area (Å²) in [5.41, 5.74) is 3.23. The predicted octanol–water partition coefficient (Wildman–Crippen LogP) is 6.12. The van der Waals surface area contributed by atoms with E-state index in [0.29, 0.717) is 23.5 Å². The van der Waals surface area contributed by atoms with Gasteiger partial charge in [-0.05, 0) is 29.8 Å². The van der Waals surface area contributed by atoms with Crippen LogP contribution in [-0.2, 0) is 6.61 Å². The second kappa shape index (κ2) is 9.40. The molecule has 5 rings (SSSR count). The van der Waals surface area contributed by atoms with Crippen molar-refractivity contribution < 1.29 is 9.84 Å². The molecule has 2 N–H and O–H groups in total. The summed E-state index contributed by atoms with van der Waals surface area (Å²) in [5.74, 6) is 1.57. The highest BCUT2D eigenvalue weighted by Crippen LogP contribution is 2.39. The Morgan fingerprint density at radius 3 is 2.36 bits per heavy atom. The van der Waals surface area contributed by atoms with Crippen molar-refractivity contribution in [1.29, 1.82) is 0 Å². The lowest BCUT2D eigenvalue weighted by Gasteiger charge is -2.24. The molecule has 0 aliphatic rings. The van der Waals surface area contributed by atoms with Gasteiger partial charge in [-0.2, -0.15) is 0 Å². The maximum Gasteiger partial charge on any atom is 0.147 e. The molecule has 1 unspecified atom stereocenters. The highest BCUT2D eigenvalue weighted by molar-refractivity contribution is 5.86. The van der Waals surface area contributed by atoms with E-state index >= 15 is 0 Å². The molecule has 0 aliphatic carbocycles. The summed E-state index contributed by atoms with van der Waals surface area (Å²) in [4.78, 5) is 8.83. The Hall–Kier alpha value is -4.38. The number of aromatic nitrogens is 2. The van der Waals surface area contributed by atoms with E-state index in [-0.39, 0.29) is 5.75 Å². The minimum Gasteiger partial charge on any atom is -0.505 e. The molecule has 2 aromatic heterocycles. The molecule has 0 spiro atoms. The van der Waals surface area contributed by atoms with Gasteiger partial charge in [-0.1, -0.05) is 72.8 Å². The Bertz CT molecular complexity index is 1360.